The number of amides is 1. The summed E-state index contributed by atoms with van der Waals surface area (Å²) in [5.41, 5.74) is 0.197. The molecule has 0 spiro atoms. The number of benzene rings is 1. The number of carbonyl (C=O) groups is 1. The van der Waals surface area contributed by atoms with Crippen LogP contribution in [0.2, 0.25) is 0 Å². The van der Waals surface area contributed by atoms with Crippen molar-refractivity contribution in [3.8, 4) is 0 Å². The van der Waals surface area contributed by atoms with Gasteiger partial charge in [0.15, 0.2) is 0 Å². The van der Waals surface area contributed by atoms with Crippen molar-refractivity contribution in [2.75, 3.05) is 25.0 Å². The van der Waals surface area contributed by atoms with Crippen molar-refractivity contribution in [1.29, 1.82) is 0 Å². The number of carbonyl (C=O) groups excluding carboxylic acids is 1. The van der Waals surface area contributed by atoms with E-state index < -0.39 is 23.9 Å². The van der Waals surface area contributed by atoms with Crippen molar-refractivity contribution in [3.05, 3.63) is 69.0 Å². The summed E-state index contributed by atoms with van der Waals surface area (Å²) in [4.78, 5) is 37.4. The van der Waals surface area contributed by atoms with Crippen molar-refractivity contribution in [3.63, 3.8) is 0 Å². The van der Waals surface area contributed by atoms with Crippen molar-refractivity contribution >= 4 is 28.3 Å². The van der Waals surface area contributed by atoms with Gasteiger partial charge >= 0.3 is 0 Å². The Morgan fingerprint density at radius 1 is 1.31 bits per heavy atom. The van der Waals surface area contributed by atoms with E-state index in [9.17, 15) is 22.8 Å². The molecule has 0 saturated carbocycles. The molecule has 1 amide bonds. The Bertz CT molecular complexity index is 1390. The van der Waals surface area contributed by atoms with Crippen LogP contribution in [-0.4, -0.2) is 50.6 Å². The number of hydrogen-bond acceptors (Lipinski definition) is 6. The van der Waals surface area contributed by atoms with Gasteiger partial charge in [0.2, 0.25) is 5.91 Å². The fraction of sp³-hybridized carbons (Fsp3) is 0.333. The van der Waals surface area contributed by atoms with Crippen LogP contribution < -0.4 is 10.9 Å². The minimum absolute atomic E-state index is 0.0380. The van der Waals surface area contributed by atoms with Crippen LogP contribution >= 0.6 is 0 Å². The van der Waals surface area contributed by atoms with E-state index in [1.807, 2.05) is 6.08 Å². The first-order valence-corrected chi connectivity index (χ1v) is 11.0. The van der Waals surface area contributed by atoms with E-state index in [4.69, 9.17) is 5.11 Å². The molecule has 0 aliphatic carbocycles. The predicted molar refractivity (Wildman–Crippen MR) is 124 cm³/mol. The molecule has 0 radical (unpaired) electrons. The number of H-pyrrole nitrogens is 1. The number of halogens is 3. The van der Waals surface area contributed by atoms with E-state index in [2.05, 4.69) is 20.3 Å². The number of fused-ring (bicyclic) bond motifs is 1. The molecule has 4 rings (SSSR count). The molecule has 0 bridgehead atoms. The molecule has 0 atom stereocenters. The Balaban J connectivity index is 1.69. The van der Waals surface area contributed by atoms with Crippen LogP contribution in [0, 0.1) is 12.7 Å². The van der Waals surface area contributed by atoms with Crippen LogP contribution in [0.25, 0.3) is 16.6 Å². The average Bonchev–Trinajstić information content (AvgIpc) is 2.82. The van der Waals surface area contributed by atoms with E-state index in [-0.39, 0.29) is 29.2 Å². The van der Waals surface area contributed by atoms with Gasteiger partial charge in [-0.1, -0.05) is 18.2 Å². The molecule has 0 unspecified atom stereocenters. The minimum Gasteiger partial charge on any atom is -0.390 e. The lowest BCUT2D eigenvalue weighted by Gasteiger charge is -2.25. The zero-order valence-electron chi connectivity index (χ0n) is 19.2. The van der Waals surface area contributed by atoms with Gasteiger partial charge in [0.1, 0.15) is 29.7 Å². The zero-order chi connectivity index (χ0) is 25.3. The van der Waals surface area contributed by atoms with Crippen LogP contribution in [0.3, 0.4) is 0 Å². The van der Waals surface area contributed by atoms with E-state index in [1.165, 1.54) is 19.1 Å². The molecule has 1 aromatic carbocycles. The predicted octanol–water partition coefficient (Wildman–Crippen LogP) is 3.10. The highest BCUT2D eigenvalue weighted by molar-refractivity contribution is 5.89. The monoisotopic (exact) mass is 487 g/mol. The Morgan fingerprint density at radius 3 is 2.74 bits per heavy atom. The summed E-state index contributed by atoms with van der Waals surface area (Å²) in [7, 11) is 0. The minimum atomic E-state index is -3.71. The number of aryl methyl sites for hydroxylation is 1. The fourth-order valence-corrected chi connectivity index (χ4v) is 4.03. The third-order valence-corrected chi connectivity index (χ3v) is 5.94. The molecule has 11 heteroatoms. The maximum atomic E-state index is 14.8. The maximum absolute atomic E-state index is 14.8. The third kappa shape index (κ3) is 4.90. The van der Waals surface area contributed by atoms with Gasteiger partial charge in [-0.2, -0.15) is 8.78 Å². The lowest BCUT2D eigenvalue weighted by atomic mass is 9.99. The average molecular weight is 487 g/mol. The quantitative estimate of drug-likeness (QED) is 0.493. The first kappa shape index (κ1) is 24.4. The number of rotatable bonds is 6. The number of aromatic nitrogens is 3. The molecule has 0 saturated heterocycles. The van der Waals surface area contributed by atoms with Gasteiger partial charge in [-0.25, -0.2) is 14.4 Å². The molecule has 3 aromatic rings. The Kier molecular flexibility index (Phi) is 6.62. The number of pyridine rings is 1. The van der Waals surface area contributed by atoms with E-state index in [0.29, 0.717) is 42.1 Å². The third-order valence-electron chi connectivity index (χ3n) is 5.94. The van der Waals surface area contributed by atoms with Gasteiger partial charge in [-0.15, -0.1) is 0 Å². The van der Waals surface area contributed by atoms with Crippen molar-refractivity contribution in [2.24, 2.45) is 0 Å². The van der Waals surface area contributed by atoms with Crippen LogP contribution in [0.1, 0.15) is 35.9 Å². The highest BCUT2D eigenvalue weighted by Gasteiger charge is 2.34. The number of anilines is 1. The van der Waals surface area contributed by atoms with Gasteiger partial charge in [-0.3, -0.25) is 9.59 Å². The number of nitrogens with one attached hydrogen (secondary N) is 2. The summed E-state index contributed by atoms with van der Waals surface area (Å²) in [5, 5.41) is 12.3. The van der Waals surface area contributed by atoms with Crippen molar-refractivity contribution in [1.82, 2.24) is 19.9 Å². The van der Waals surface area contributed by atoms with Gasteiger partial charge in [-0.05, 0) is 31.1 Å². The number of alkyl halides is 2. The summed E-state index contributed by atoms with van der Waals surface area (Å²) >= 11 is 0. The molecule has 8 nitrogen and oxygen atoms in total. The van der Waals surface area contributed by atoms with E-state index >= 15 is 0 Å². The molecular formula is C24H24F3N5O3. The molecule has 184 valence electrons. The van der Waals surface area contributed by atoms with Crippen LogP contribution in [-0.2, 0) is 17.3 Å². The lowest BCUT2D eigenvalue weighted by Crippen LogP contribution is -2.33. The first-order valence-electron chi connectivity index (χ1n) is 11.0. The Morgan fingerprint density at radius 2 is 2.09 bits per heavy atom. The summed E-state index contributed by atoms with van der Waals surface area (Å²) in [6, 6.07) is 5.22. The summed E-state index contributed by atoms with van der Waals surface area (Å²) in [5.74, 6) is -4.23. The molecule has 0 fully saturated rings. The topological polar surface area (TPSA) is 111 Å². The number of hydrogen-bond donors (Lipinski definition) is 3. The standard InChI is InChI=1S/C24H24F3N5O3/c1-13-29-21(28-11-16-4-3-5-19(20(16)25)24(26,27)12-33)18-10-17(23(35)31-22(18)30-13)15-6-8-32(9-7-15)14(2)34/h3-6,10,33H,7-9,11-12H2,1-2H3,(H2,28,29,30,31,35). The summed E-state index contributed by atoms with van der Waals surface area (Å²) in [6.07, 6.45) is 2.33. The second kappa shape index (κ2) is 9.49. The Labute approximate surface area is 198 Å². The normalized spacial score (nSPS) is 14.2. The number of nitrogens with zero attached hydrogens (tertiary/aromatic N) is 3. The molecule has 2 aromatic heterocycles. The first-order chi connectivity index (χ1) is 16.6. The molecule has 1 aliphatic heterocycles. The molecule has 3 N–H and O–H groups in total. The van der Waals surface area contributed by atoms with Crippen LogP contribution in [0.4, 0.5) is 19.0 Å². The highest BCUT2D eigenvalue weighted by Crippen LogP contribution is 2.31. The highest BCUT2D eigenvalue weighted by atomic mass is 19.3. The van der Waals surface area contributed by atoms with Gasteiger partial charge in [0.05, 0.1) is 10.9 Å². The summed E-state index contributed by atoms with van der Waals surface area (Å²) < 4.78 is 42.5. The smallest absolute Gasteiger partial charge is 0.298 e. The van der Waals surface area contributed by atoms with E-state index in [0.717, 1.165) is 11.6 Å². The van der Waals surface area contributed by atoms with Gasteiger partial charge in [0.25, 0.3) is 11.5 Å². The molecular weight excluding hydrogens is 463 g/mol. The fourth-order valence-electron chi connectivity index (χ4n) is 4.03. The van der Waals surface area contributed by atoms with Gasteiger partial charge < -0.3 is 20.3 Å². The van der Waals surface area contributed by atoms with Crippen LogP contribution in [0.15, 0.2) is 35.1 Å². The Hall–Kier alpha value is -3.73. The number of aliphatic hydroxyl groups excluding tert-OH is 1. The largest absolute Gasteiger partial charge is 0.390 e. The van der Waals surface area contributed by atoms with Crippen molar-refractivity contribution in [2.45, 2.75) is 32.7 Å². The van der Waals surface area contributed by atoms with Crippen LogP contribution in [0.5, 0.6) is 0 Å². The van der Waals surface area contributed by atoms with E-state index in [1.54, 1.807) is 17.9 Å². The number of aromatic amines is 1. The summed E-state index contributed by atoms with van der Waals surface area (Å²) in [6.45, 7) is 2.32. The van der Waals surface area contributed by atoms with Crippen molar-refractivity contribution < 1.29 is 23.1 Å². The molecule has 1 aliphatic rings. The number of aliphatic hydroxyl groups is 1. The lowest BCUT2D eigenvalue weighted by molar-refractivity contribution is -0.128. The zero-order valence-corrected chi connectivity index (χ0v) is 19.2. The SMILES string of the molecule is CC(=O)N1CC=C(c2cc3c(NCc4cccc(C(F)(F)CO)c4F)nc(C)nc3[nH]c2=O)CC1. The maximum Gasteiger partial charge on any atom is 0.298 e. The second-order valence-electron chi connectivity index (χ2n) is 8.33. The molecule has 3 heterocycles. The second-order valence-corrected chi connectivity index (χ2v) is 8.33. The van der Waals surface area contributed by atoms with Gasteiger partial charge in [0, 0.05) is 37.7 Å². The molecule has 35 heavy (non-hydrogen) atoms.